The molecule has 7 heteroatoms. The summed E-state index contributed by atoms with van der Waals surface area (Å²) in [5.74, 6) is 2.71. The molecule has 1 unspecified atom stereocenters. The molecule has 1 saturated heterocycles. The summed E-state index contributed by atoms with van der Waals surface area (Å²) in [6.45, 7) is 5.68. The molecule has 5 rings (SSSR count). The fourth-order valence-electron chi connectivity index (χ4n) is 4.32. The highest BCUT2D eigenvalue weighted by molar-refractivity contribution is 5.79. The number of nitrogens with zero attached hydrogens (tertiary/aromatic N) is 3. The number of hydrogen-bond acceptors (Lipinski definition) is 4. The van der Waals surface area contributed by atoms with Gasteiger partial charge in [0.25, 0.3) is 0 Å². The summed E-state index contributed by atoms with van der Waals surface area (Å²) in [4.78, 5) is 19.5. The summed E-state index contributed by atoms with van der Waals surface area (Å²) in [5, 5.41) is 3.01. The molecule has 2 amide bonds. The molecular weight excluding hydrogens is 380 g/mol. The number of hydrogen-bond donors (Lipinski definition) is 1. The van der Waals surface area contributed by atoms with Gasteiger partial charge in [0, 0.05) is 36.8 Å². The zero-order chi connectivity index (χ0) is 20.7. The first-order valence-corrected chi connectivity index (χ1v) is 10.5. The van der Waals surface area contributed by atoms with E-state index in [0.29, 0.717) is 6.54 Å². The van der Waals surface area contributed by atoms with Crippen molar-refractivity contribution < 1.29 is 14.3 Å². The van der Waals surface area contributed by atoms with Crippen LogP contribution in [0.3, 0.4) is 0 Å². The molecule has 0 radical (unpaired) electrons. The van der Waals surface area contributed by atoms with Crippen molar-refractivity contribution in [3.8, 4) is 22.8 Å². The lowest BCUT2D eigenvalue weighted by atomic mass is 9.97. The van der Waals surface area contributed by atoms with Crippen LogP contribution in [-0.4, -0.2) is 46.2 Å². The van der Waals surface area contributed by atoms with E-state index in [4.69, 9.17) is 14.5 Å². The van der Waals surface area contributed by atoms with Crippen molar-refractivity contribution in [2.45, 2.75) is 38.6 Å². The maximum absolute atomic E-state index is 12.5. The van der Waals surface area contributed by atoms with Crippen LogP contribution in [0, 0.1) is 0 Å². The molecule has 0 aliphatic carbocycles. The first-order valence-electron chi connectivity index (χ1n) is 10.5. The van der Waals surface area contributed by atoms with Gasteiger partial charge in [-0.15, -0.1) is 0 Å². The smallest absolute Gasteiger partial charge is 0.317 e. The second-order valence-corrected chi connectivity index (χ2v) is 8.23. The fraction of sp³-hybridized carbons (Fsp3) is 0.391. The molecule has 156 valence electrons. The number of carbonyl (C=O) groups excluding carboxylic acids is 1. The molecule has 3 aromatic rings. The summed E-state index contributed by atoms with van der Waals surface area (Å²) in [5.41, 5.74) is 2.97. The van der Waals surface area contributed by atoms with Gasteiger partial charge < -0.3 is 24.1 Å². The van der Waals surface area contributed by atoms with Crippen LogP contribution >= 0.6 is 0 Å². The number of benzene rings is 1. The van der Waals surface area contributed by atoms with E-state index in [2.05, 4.69) is 22.0 Å². The average Bonchev–Trinajstić information content (AvgIpc) is 3.37. The molecule has 1 aromatic carbocycles. The van der Waals surface area contributed by atoms with Crippen molar-refractivity contribution in [3.63, 3.8) is 0 Å². The van der Waals surface area contributed by atoms with Gasteiger partial charge in [0.2, 0.25) is 6.79 Å². The number of nitrogens with one attached hydrogen (secondary N) is 1. The molecular formula is C23H26N4O3. The maximum atomic E-state index is 12.5. The summed E-state index contributed by atoms with van der Waals surface area (Å²) >= 11 is 0. The Morgan fingerprint density at radius 1 is 1.20 bits per heavy atom. The Hall–Kier alpha value is -3.22. The van der Waals surface area contributed by atoms with Gasteiger partial charge in [-0.1, -0.05) is 6.07 Å². The van der Waals surface area contributed by atoms with Gasteiger partial charge in [-0.3, -0.25) is 0 Å². The Bertz CT molecular complexity index is 1090. The number of amides is 2. The van der Waals surface area contributed by atoms with Gasteiger partial charge in [0.05, 0.1) is 11.2 Å². The number of imidazole rings is 1. The minimum absolute atomic E-state index is 0.00607. The third-order valence-electron chi connectivity index (χ3n) is 5.71. The van der Waals surface area contributed by atoms with Crippen LogP contribution in [0.25, 0.3) is 16.8 Å². The Balaban J connectivity index is 1.50. The molecule has 30 heavy (non-hydrogen) atoms. The van der Waals surface area contributed by atoms with Crippen molar-refractivity contribution in [2.75, 3.05) is 19.9 Å². The Kier molecular flexibility index (Phi) is 4.73. The van der Waals surface area contributed by atoms with E-state index in [1.807, 2.05) is 49.1 Å². The first-order chi connectivity index (χ1) is 14.6. The van der Waals surface area contributed by atoms with Gasteiger partial charge in [-0.25, -0.2) is 9.78 Å². The molecule has 1 fully saturated rings. The van der Waals surface area contributed by atoms with Crippen LogP contribution in [0.4, 0.5) is 4.79 Å². The SMILES string of the molecule is CC(C)NC(=O)N1CCCC(c2nc(-c3ccc4c(c3)OCO4)c3ccccn23)C1. The number of rotatable bonds is 3. The highest BCUT2D eigenvalue weighted by atomic mass is 16.7. The molecule has 2 aliphatic rings. The normalized spacial score (nSPS) is 18.2. The van der Waals surface area contributed by atoms with Crippen LogP contribution in [-0.2, 0) is 0 Å². The highest BCUT2D eigenvalue weighted by Crippen LogP contribution is 2.38. The van der Waals surface area contributed by atoms with Crippen molar-refractivity contribution in [2.24, 2.45) is 0 Å². The second kappa shape index (κ2) is 7.55. The second-order valence-electron chi connectivity index (χ2n) is 8.23. The molecule has 1 atom stereocenters. The van der Waals surface area contributed by atoms with Crippen LogP contribution in [0.1, 0.15) is 38.4 Å². The summed E-state index contributed by atoms with van der Waals surface area (Å²) < 4.78 is 13.2. The first kappa shape index (κ1) is 18.8. The number of likely N-dealkylation sites (tertiary alicyclic amines) is 1. The highest BCUT2D eigenvalue weighted by Gasteiger charge is 2.29. The van der Waals surface area contributed by atoms with Gasteiger partial charge in [-0.2, -0.15) is 0 Å². The van der Waals surface area contributed by atoms with Crippen molar-refractivity contribution in [1.29, 1.82) is 0 Å². The number of piperidine rings is 1. The van der Waals surface area contributed by atoms with Gasteiger partial charge in [0.15, 0.2) is 11.5 Å². The molecule has 0 saturated carbocycles. The largest absolute Gasteiger partial charge is 0.454 e. The maximum Gasteiger partial charge on any atom is 0.317 e. The minimum Gasteiger partial charge on any atom is -0.454 e. The van der Waals surface area contributed by atoms with E-state index in [1.165, 1.54) is 0 Å². The third kappa shape index (κ3) is 3.34. The standard InChI is InChI=1S/C23H26N4O3/c1-15(2)24-23(28)26-10-5-6-17(13-26)22-25-21(18-7-3-4-11-27(18)22)16-8-9-19-20(12-16)30-14-29-19/h3-4,7-9,11-12,15,17H,5-6,10,13-14H2,1-2H3,(H,24,28). The van der Waals surface area contributed by atoms with E-state index in [0.717, 1.165) is 53.5 Å². The molecule has 0 spiro atoms. The molecule has 2 aliphatic heterocycles. The van der Waals surface area contributed by atoms with Crippen LogP contribution in [0.2, 0.25) is 0 Å². The minimum atomic E-state index is 0.00607. The molecule has 2 aromatic heterocycles. The van der Waals surface area contributed by atoms with E-state index in [9.17, 15) is 4.79 Å². The van der Waals surface area contributed by atoms with Crippen LogP contribution in [0.5, 0.6) is 11.5 Å². The lowest BCUT2D eigenvalue weighted by Crippen LogP contribution is -2.47. The monoisotopic (exact) mass is 406 g/mol. The van der Waals surface area contributed by atoms with E-state index in [-0.39, 0.29) is 24.8 Å². The third-order valence-corrected chi connectivity index (χ3v) is 5.71. The molecule has 7 nitrogen and oxygen atoms in total. The van der Waals surface area contributed by atoms with E-state index >= 15 is 0 Å². The quantitative estimate of drug-likeness (QED) is 0.713. The summed E-state index contributed by atoms with van der Waals surface area (Å²) in [6.07, 6.45) is 4.04. The molecule has 0 bridgehead atoms. The summed E-state index contributed by atoms with van der Waals surface area (Å²) in [7, 11) is 0. The fourth-order valence-corrected chi connectivity index (χ4v) is 4.32. The van der Waals surface area contributed by atoms with Crippen LogP contribution < -0.4 is 14.8 Å². The number of ether oxygens (including phenoxy) is 2. The van der Waals surface area contributed by atoms with Crippen molar-refractivity contribution >= 4 is 11.5 Å². The number of urea groups is 1. The van der Waals surface area contributed by atoms with E-state index in [1.54, 1.807) is 0 Å². The zero-order valence-electron chi connectivity index (χ0n) is 17.3. The van der Waals surface area contributed by atoms with Gasteiger partial charge >= 0.3 is 6.03 Å². The average molecular weight is 406 g/mol. The number of carbonyl (C=O) groups is 1. The predicted octanol–water partition coefficient (Wildman–Crippen LogP) is 4.03. The molecule has 1 N–H and O–H groups in total. The zero-order valence-corrected chi connectivity index (χ0v) is 17.3. The number of pyridine rings is 1. The Labute approximate surface area is 175 Å². The summed E-state index contributed by atoms with van der Waals surface area (Å²) in [6, 6.07) is 12.2. The number of aromatic nitrogens is 2. The van der Waals surface area contributed by atoms with Crippen molar-refractivity contribution in [3.05, 3.63) is 48.4 Å². The number of fused-ring (bicyclic) bond motifs is 2. The van der Waals surface area contributed by atoms with Gasteiger partial charge in [-0.05, 0) is 57.0 Å². The molecule has 4 heterocycles. The van der Waals surface area contributed by atoms with Gasteiger partial charge in [0.1, 0.15) is 5.82 Å². The Morgan fingerprint density at radius 3 is 2.93 bits per heavy atom. The van der Waals surface area contributed by atoms with Crippen LogP contribution in [0.15, 0.2) is 42.6 Å². The predicted molar refractivity (Wildman–Crippen MR) is 114 cm³/mol. The van der Waals surface area contributed by atoms with E-state index < -0.39 is 0 Å². The Morgan fingerprint density at radius 2 is 2.07 bits per heavy atom. The topological polar surface area (TPSA) is 68.1 Å². The lowest BCUT2D eigenvalue weighted by Gasteiger charge is -2.32. The lowest BCUT2D eigenvalue weighted by molar-refractivity contribution is 0.174. The van der Waals surface area contributed by atoms with Crippen molar-refractivity contribution in [1.82, 2.24) is 19.6 Å².